The van der Waals surface area contributed by atoms with Gasteiger partial charge in [0, 0.05) is 45.0 Å². The number of piperazine rings is 1. The Hall–Kier alpha value is -2.45. The Morgan fingerprint density at radius 1 is 0.933 bits per heavy atom. The highest BCUT2D eigenvalue weighted by molar-refractivity contribution is 5.85. The Bertz CT molecular complexity index is 1040. The van der Waals surface area contributed by atoms with E-state index >= 15 is 0 Å². The van der Waals surface area contributed by atoms with Gasteiger partial charge in [0.05, 0.1) is 17.5 Å². The number of rotatable bonds is 5. The van der Waals surface area contributed by atoms with Gasteiger partial charge in [0.15, 0.2) is 0 Å². The first-order chi connectivity index (χ1) is 13.9. The number of hydrogen-bond acceptors (Lipinski definition) is 3. The molecule has 1 fully saturated rings. The van der Waals surface area contributed by atoms with Crippen molar-refractivity contribution in [2.75, 3.05) is 37.6 Å². The molecule has 1 aliphatic rings. The minimum absolute atomic E-state index is 0. The highest BCUT2D eigenvalue weighted by Gasteiger charge is 2.28. The molecule has 0 aliphatic carbocycles. The second-order valence-electron chi connectivity index (χ2n) is 7.39. The van der Waals surface area contributed by atoms with Crippen molar-refractivity contribution in [1.82, 2.24) is 14.5 Å². The van der Waals surface area contributed by atoms with E-state index in [1.165, 1.54) is 6.07 Å². The molecule has 1 N–H and O–H groups in total. The van der Waals surface area contributed by atoms with Crippen LogP contribution in [0.2, 0.25) is 0 Å². The van der Waals surface area contributed by atoms with Crippen LogP contribution in [-0.4, -0.2) is 53.4 Å². The number of aromatic amines is 1. The number of nitrogens with zero attached hydrogens (tertiary/aromatic N) is 3. The van der Waals surface area contributed by atoms with Gasteiger partial charge in [-0.05, 0) is 29.8 Å². The van der Waals surface area contributed by atoms with E-state index in [4.69, 9.17) is 0 Å². The quantitative estimate of drug-likeness (QED) is 0.658. The van der Waals surface area contributed by atoms with Crippen LogP contribution in [0.15, 0.2) is 53.3 Å². The fourth-order valence-corrected chi connectivity index (χ4v) is 3.89. The fraction of sp³-hybridized carbons (Fsp3) is 0.381. The number of benzene rings is 2. The molecule has 3 aromatic rings. The fourth-order valence-electron chi connectivity index (χ4n) is 3.89. The topological polar surface area (TPSA) is 44.3 Å². The first-order valence-corrected chi connectivity index (χ1v) is 9.70. The van der Waals surface area contributed by atoms with Gasteiger partial charge in [-0.2, -0.15) is 13.2 Å². The number of para-hydroxylation sites is 2. The summed E-state index contributed by atoms with van der Waals surface area (Å²) in [4.78, 5) is 19.4. The average molecular weight is 441 g/mol. The van der Waals surface area contributed by atoms with Crippen LogP contribution < -0.4 is 10.6 Å². The minimum atomic E-state index is -4.20. The number of hydrogen-bond donors (Lipinski definition) is 1. The van der Waals surface area contributed by atoms with Crippen molar-refractivity contribution in [1.29, 1.82) is 0 Å². The van der Waals surface area contributed by atoms with Crippen LogP contribution in [-0.2, 0) is 13.0 Å². The Kier molecular flexibility index (Phi) is 6.77. The predicted molar refractivity (Wildman–Crippen MR) is 115 cm³/mol. The molecule has 2 heterocycles. The summed E-state index contributed by atoms with van der Waals surface area (Å²) in [6, 6.07) is 14.3. The second kappa shape index (κ2) is 9.14. The number of H-pyrrole nitrogens is 1. The van der Waals surface area contributed by atoms with Gasteiger partial charge < -0.3 is 9.88 Å². The number of aromatic nitrogens is 2. The van der Waals surface area contributed by atoms with Gasteiger partial charge in [0.25, 0.3) is 0 Å². The maximum Gasteiger partial charge on any atom is 0.393 e. The Morgan fingerprint density at radius 2 is 1.67 bits per heavy atom. The summed E-state index contributed by atoms with van der Waals surface area (Å²) < 4.78 is 39.7. The number of halogens is 4. The molecule has 1 saturated heterocycles. The van der Waals surface area contributed by atoms with Gasteiger partial charge in [-0.15, -0.1) is 12.4 Å². The first-order valence-electron chi connectivity index (χ1n) is 9.70. The van der Waals surface area contributed by atoms with Crippen molar-refractivity contribution in [2.45, 2.75) is 19.1 Å². The van der Waals surface area contributed by atoms with Crippen molar-refractivity contribution < 1.29 is 13.2 Å². The number of fused-ring (bicyclic) bond motifs is 1. The van der Waals surface area contributed by atoms with Crippen molar-refractivity contribution in [3.8, 4) is 0 Å². The molecule has 0 amide bonds. The van der Waals surface area contributed by atoms with Crippen LogP contribution in [0.4, 0.5) is 18.9 Å². The monoisotopic (exact) mass is 440 g/mol. The standard InChI is InChI=1S/C21H23F3N4O.ClH/c22-21(23,24)15-16-4-3-5-17(14-16)27-11-8-26(9-12-27)10-13-28-19-7-2-1-6-18(19)25-20(28)29;/h1-7,14H,8-13,15H2,(H,25,29);1H. The lowest BCUT2D eigenvalue weighted by atomic mass is 10.1. The third-order valence-corrected chi connectivity index (χ3v) is 5.37. The molecule has 1 aromatic heterocycles. The van der Waals surface area contributed by atoms with Crippen LogP contribution in [0.3, 0.4) is 0 Å². The average Bonchev–Trinajstić information content (AvgIpc) is 3.01. The van der Waals surface area contributed by atoms with Gasteiger partial charge in [0.2, 0.25) is 0 Å². The predicted octanol–water partition coefficient (Wildman–Crippen LogP) is 3.68. The molecule has 0 unspecified atom stereocenters. The molecule has 0 saturated carbocycles. The zero-order valence-corrected chi connectivity index (χ0v) is 17.2. The van der Waals surface area contributed by atoms with E-state index in [1.807, 2.05) is 30.3 Å². The summed E-state index contributed by atoms with van der Waals surface area (Å²) in [5.41, 5.74) is 2.75. The van der Waals surface area contributed by atoms with Crippen molar-refractivity contribution in [3.05, 3.63) is 64.6 Å². The molecule has 1 aliphatic heterocycles. The largest absolute Gasteiger partial charge is 0.393 e. The minimum Gasteiger partial charge on any atom is -0.369 e. The highest BCUT2D eigenvalue weighted by atomic mass is 35.5. The lowest BCUT2D eigenvalue weighted by Crippen LogP contribution is -2.47. The van der Waals surface area contributed by atoms with Crippen molar-refractivity contribution in [3.63, 3.8) is 0 Å². The molecule has 0 spiro atoms. The normalized spacial score (nSPS) is 15.4. The van der Waals surface area contributed by atoms with Crippen LogP contribution >= 0.6 is 12.4 Å². The number of anilines is 1. The molecular formula is C21H24ClF3N4O. The first kappa shape index (κ1) is 22.2. The number of alkyl halides is 3. The summed E-state index contributed by atoms with van der Waals surface area (Å²) in [6.07, 6.45) is -5.10. The van der Waals surface area contributed by atoms with E-state index in [0.29, 0.717) is 6.54 Å². The molecular weight excluding hydrogens is 417 g/mol. The Morgan fingerprint density at radius 3 is 2.40 bits per heavy atom. The smallest absolute Gasteiger partial charge is 0.369 e. The molecule has 5 nitrogen and oxygen atoms in total. The van der Waals surface area contributed by atoms with Gasteiger partial charge in [0.1, 0.15) is 0 Å². The Balaban J connectivity index is 0.00000256. The molecule has 0 radical (unpaired) electrons. The third kappa shape index (κ3) is 5.17. The number of imidazole rings is 1. The number of nitrogens with one attached hydrogen (secondary N) is 1. The van der Waals surface area contributed by atoms with Gasteiger partial charge in [-0.3, -0.25) is 9.47 Å². The summed E-state index contributed by atoms with van der Waals surface area (Å²) in [5.74, 6) is 0. The third-order valence-electron chi connectivity index (χ3n) is 5.37. The second-order valence-corrected chi connectivity index (χ2v) is 7.39. The summed E-state index contributed by atoms with van der Waals surface area (Å²) in [6.45, 7) is 4.46. The highest BCUT2D eigenvalue weighted by Crippen LogP contribution is 2.25. The zero-order valence-electron chi connectivity index (χ0n) is 16.4. The van der Waals surface area contributed by atoms with E-state index < -0.39 is 12.6 Å². The van der Waals surface area contributed by atoms with E-state index in [1.54, 1.807) is 16.7 Å². The molecule has 4 rings (SSSR count). The molecule has 2 aromatic carbocycles. The van der Waals surface area contributed by atoms with Crippen molar-refractivity contribution in [2.24, 2.45) is 0 Å². The van der Waals surface area contributed by atoms with E-state index in [2.05, 4.69) is 14.8 Å². The van der Waals surface area contributed by atoms with Gasteiger partial charge >= 0.3 is 11.9 Å². The van der Waals surface area contributed by atoms with Crippen LogP contribution in [0.25, 0.3) is 11.0 Å². The van der Waals surface area contributed by atoms with Crippen LogP contribution in [0.5, 0.6) is 0 Å². The van der Waals surface area contributed by atoms with E-state index in [0.717, 1.165) is 49.4 Å². The van der Waals surface area contributed by atoms with Gasteiger partial charge in [-0.25, -0.2) is 4.79 Å². The zero-order chi connectivity index (χ0) is 20.4. The van der Waals surface area contributed by atoms with E-state index in [-0.39, 0.29) is 23.7 Å². The van der Waals surface area contributed by atoms with Crippen LogP contribution in [0, 0.1) is 0 Å². The molecule has 30 heavy (non-hydrogen) atoms. The van der Waals surface area contributed by atoms with Crippen LogP contribution in [0.1, 0.15) is 5.56 Å². The molecule has 0 bridgehead atoms. The molecule has 9 heteroatoms. The summed E-state index contributed by atoms with van der Waals surface area (Å²) in [5, 5.41) is 0. The maximum atomic E-state index is 12.6. The lowest BCUT2D eigenvalue weighted by Gasteiger charge is -2.36. The van der Waals surface area contributed by atoms with Crippen molar-refractivity contribution >= 4 is 29.1 Å². The van der Waals surface area contributed by atoms with E-state index in [9.17, 15) is 18.0 Å². The summed E-state index contributed by atoms with van der Waals surface area (Å²) >= 11 is 0. The summed E-state index contributed by atoms with van der Waals surface area (Å²) in [7, 11) is 0. The molecule has 0 atom stereocenters. The lowest BCUT2D eigenvalue weighted by molar-refractivity contribution is -0.127. The Labute approximate surface area is 178 Å². The molecule has 162 valence electrons. The maximum absolute atomic E-state index is 12.6. The van der Waals surface area contributed by atoms with Gasteiger partial charge in [-0.1, -0.05) is 24.3 Å². The SMILES string of the molecule is Cl.O=c1[nH]c2ccccc2n1CCN1CCN(c2cccc(CC(F)(F)F)c2)CC1.